The van der Waals surface area contributed by atoms with Crippen molar-refractivity contribution in [3.05, 3.63) is 59.9 Å². The Balaban J connectivity index is 1.46. The molecule has 1 aliphatic heterocycles. The molecule has 1 saturated heterocycles. The van der Waals surface area contributed by atoms with Crippen LogP contribution in [0.25, 0.3) is 12.2 Å². The molecule has 3 N–H and O–H groups in total. The summed E-state index contributed by atoms with van der Waals surface area (Å²) in [6, 6.07) is 13.4. The van der Waals surface area contributed by atoms with Crippen LogP contribution in [0.3, 0.4) is 0 Å². The van der Waals surface area contributed by atoms with Crippen LogP contribution in [-0.2, 0) is 0 Å². The minimum atomic E-state index is -0.143. The molecule has 1 fully saturated rings. The molecule has 5 nitrogen and oxygen atoms in total. The Kier molecular flexibility index (Phi) is 6.17. The summed E-state index contributed by atoms with van der Waals surface area (Å²) in [7, 11) is 0. The second-order valence-electron chi connectivity index (χ2n) is 6.24. The summed E-state index contributed by atoms with van der Waals surface area (Å²) in [6.07, 6.45) is 7.99. The number of hydrogen-bond donors (Lipinski definition) is 3. The van der Waals surface area contributed by atoms with Crippen molar-refractivity contribution in [3.8, 4) is 0 Å². The zero-order valence-corrected chi connectivity index (χ0v) is 14.2. The number of piperidine rings is 1. The third-order valence-corrected chi connectivity index (χ3v) is 4.31. The minimum Gasteiger partial charge on any atom is -0.338 e. The number of pyridine rings is 1. The number of rotatable bonds is 5. The van der Waals surface area contributed by atoms with Gasteiger partial charge in [0.2, 0.25) is 0 Å². The topological polar surface area (TPSA) is 66.1 Å². The molecule has 0 bridgehead atoms. The minimum absolute atomic E-state index is 0.143. The second-order valence-corrected chi connectivity index (χ2v) is 6.24. The number of hydrogen-bond acceptors (Lipinski definition) is 3. The van der Waals surface area contributed by atoms with Gasteiger partial charge >= 0.3 is 6.03 Å². The average Bonchev–Trinajstić information content (AvgIpc) is 2.67. The zero-order chi connectivity index (χ0) is 17.3. The van der Waals surface area contributed by atoms with E-state index in [-0.39, 0.29) is 6.03 Å². The van der Waals surface area contributed by atoms with Crippen LogP contribution >= 0.6 is 0 Å². The molecule has 0 aliphatic carbocycles. The number of amides is 2. The van der Waals surface area contributed by atoms with E-state index in [2.05, 4.69) is 20.9 Å². The lowest BCUT2D eigenvalue weighted by atomic mass is 9.98. The van der Waals surface area contributed by atoms with E-state index in [4.69, 9.17) is 0 Å². The van der Waals surface area contributed by atoms with Crippen LogP contribution in [0.5, 0.6) is 0 Å². The van der Waals surface area contributed by atoms with Crippen LogP contribution in [0.4, 0.5) is 10.5 Å². The summed E-state index contributed by atoms with van der Waals surface area (Å²) in [5.74, 6) is 0.575. The van der Waals surface area contributed by atoms with Crippen molar-refractivity contribution in [3.63, 3.8) is 0 Å². The van der Waals surface area contributed by atoms with Gasteiger partial charge in [-0.1, -0.05) is 24.3 Å². The van der Waals surface area contributed by atoms with Crippen LogP contribution < -0.4 is 16.0 Å². The predicted octanol–water partition coefficient (Wildman–Crippen LogP) is 3.37. The Hall–Kier alpha value is -2.66. The summed E-state index contributed by atoms with van der Waals surface area (Å²) < 4.78 is 0. The van der Waals surface area contributed by atoms with Gasteiger partial charge in [0, 0.05) is 18.4 Å². The Bertz CT molecular complexity index is 691. The van der Waals surface area contributed by atoms with Gasteiger partial charge < -0.3 is 16.0 Å². The van der Waals surface area contributed by atoms with E-state index in [0.29, 0.717) is 5.92 Å². The van der Waals surface area contributed by atoms with Crippen molar-refractivity contribution in [2.75, 3.05) is 25.0 Å². The first-order valence-corrected chi connectivity index (χ1v) is 8.74. The van der Waals surface area contributed by atoms with Crippen molar-refractivity contribution in [2.45, 2.75) is 12.8 Å². The molecule has 0 radical (unpaired) electrons. The fourth-order valence-corrected chi connectivity index (χ4v) is 2.83. The van der Waals surface area contributed by atoms with Gasteiger partial charge in [-0.15, -0.1) is 0 Å². The van der Waals surface area contributed by atoms with Crippen LogP contribution in [0.15, 0.2) is 48.7 Å². The molecular weight excluding hydrogens is 312 g/mol. The first kappa shape index (κ1) is 17.2. The highest BCUT2D eigenvalue weighted by Crippen LogP contribution is 2.13. The Labute approximate surface area is 148 Å². The average molecular weight is 336 g/mol. The van der Waals surface area contributed by atoms with Crippen LogP contribution in [0, 0.1) is 5.92 Å². The fourth-order valence-electron chi connectivity index (χ4n) is 2.83. The lowest BCUT2D eigenvalue weighted by Gasteiger charge is -2.22. The molecule has 5 heteroatoms. The highest BCUT2D eigenvalue weighted by atomic mass is 16.2. The van der Waals surface area contributed by atoms with Crippen LogP contribution in [-0.4, -0.2) is 30.6 Å². The summed E-state index contributed by atoms with van der Waals surface area (Å²) in [5, 5.41) is 9.17. The van der Waals surface area contributed by atoms with E-state index in [1.165, 1.54) is 0 Å². The molecule has 0 atom stereocenters. The Morgan fingerprint density at radius 2 is 1.92 bits per heavy atom. The molecule has 0 unspecified atom stereocenters. The quantitative estimate of drug-likeness (QED) is 0.784. The lowest BCUT2D eigenvalue weighted by Crippen LogP contribution is -2.37. The smallest absolute Gasteiger partial charge is 0.319 e. The number of benzene rings is 1. The molecule has 25 heavy (non-hydrogen) atoms. The number of aromatic nitrogens is 1. The van der Waals surface area contributed by atoms with Gasteiger partial charge in [-0.3, -0.25) is 4.98 Å². The Morgan fingerprint density at radius 3 is 2.64 bits per heavy atom. The van der Waals surface area contributed by atoms with E-state index in [1.807, 2.05) is 54.6 Å². The van der Waals surface area contributed by atoms with E-state index in [9.17, 15) is 4.79 Å². The van der Waals surface area contributed by atoms with Crippen LogP contribution in [0.2, 0.25) is 0 Å². The Morgan fingerprint density at radius 1 is 1.12 bits per heavy atom. The number of carbonyl (C=O) groups excluding carboxylic acids is 1. The van der Waals surface area contributed by atoms with Crippen molar-refractivity contribution < 1.29 is 4.79 Å². The summed E-state index contributed by atoms with van der Waals surface area (Å²) in [5.41, 5.74) is 2.77. The van der Waals surface area contributed by atoms with Gasteiger partial charge in [0.25, 0.3) is 0 Å². The first-order valence-electron chi connectivity index (χ1n) is 8.74. The van der Waals surface area contributed by atoms with E-state index < -0.39 is 0 Å². The van der Waals surface area contributed by atoms with Gasteiger partial charge in [0.05, 0.1) is 5.69 Å². The molecule has 1 aromatic carbocycles. The molecular formula is C20H24N4O. The molecule has 2 aromatic rings. The summed E-state index contributed by atoms with van der Waals surface area (Å²) in [4.78, 5) is 16.2. The summed E-state index contributed by atoms with van der Waals surface area (Å²) in [6.45, 7) is 2.82. The maximum atomic E-state index is 12.0. The van der Waals surface area contributed by atoms with E-state index in [1.54, 1.807) is 6.20 Å². The van der Waals surface area contributed by atoms with Gasteiger partial charge in [-0.05, 0) is 67.8 Å². The third-order valence-electron chi connectivity index (χ3n) is 4.31. The van der Waals surface area contributed by atoms with E-state index in [0.717, 1.165) is 49.4 Å². The second kappa shape index (κ2) is 8.99. The highest BCUT2D eigenvalue weighted by molar-refractivity contribution is 5.89. The van der Waals surface area contributed by atoms with Crippen molar-refractivity contribution in [1.29, 1.82) is 0 Å². The number of urea groups is 1. The number of nitrogens with zero attached hydrogens (tertiary/aromatic N) is 1. The molecule has 1 aromatic heterocycles. The lowest BCUT2D eigenvalue weighted by molar-refractivity contribution is 0.248. The normalized spacial score (nSPS) is 15.2. The standard InChI is InChI=1S/C20H24N4O/c25-20(23-15-17-10-13-21-14-11-17)24-19-8-5-16(6-9-19)4-7-18-3-1-2-12-22-18/h1-9,12,17,21H,10-11,13-15H2,(H2,23,24,25)/b7-4+. The van der Waals surface area contributed by atoms with Crippen molar-refractivity contribution in [1.82, 2.24) is 15.6 Å². The van der Waals surface area contributed by atoms with E-state index >= 15 is 0 Å². The number of nitrogens with one attached hydrogen (secondary N) is 3. The van der Waals surface area contributed by atoms with Crippen LogP contribution in [0.1, 0.15) is 24.1 Å². The fraction of sp³-hybridized carbons (Fsp3) is 0.300. The molecule has 1 aliphatic rings. The van der Waals surface area contributed by atoms with Gasteiger partial charge in [-0.2, -0.15) is 0 Å². The monoisotopic (exact) mass is 336 g/mol. The van der Waals surface area contributed by atoms with Crippen molar-refractivity contribution in [2.24, 2.45) is 5.92 Å². The maximum absolute atomic E-state index is 12.0. The van der Waals surface area contributed by atoms with Gasteiger partial charge in [0.15, 0.2) is 0 Å². The molecule has 3 rings (SSSR count). The molecule has 0 spiro atoms. The zero-order valence-electron chi connectivity index (χ0n) is 14.2. The first-order chi connectivity index (χ1) is 12.3. The molecule has 130 valence electrons. The maximum Gasteiger partial charge on any atom is 0.319 e. The number of anilines is 1. The van der Waals surface area contributed by atoms with Crippen molar-refractivity contribution >= 4 is 23.9 Å². The number of carbonyl (C=O) groups is 1. The molecule has 0 saturated carbocycles. The van der Waals surface area contributed by atoms with Gasteiger partial charge in [0.1, 0.15) is 0 Å². The SMILES string of the molecule is O=C(NCC1CCNCC1)Nc1ccc(/C=C/c2ccccn2)cc1. The summed E-state index contributed by atoms with van der Waals surface area (Å²) >= 11 is 0. The predicted molar refractivity (Wildman–Crippen MR) is 102 cm³/mol. The van der Waals surface area contributed by atoms with Gasteiger partial charge in [-0.25, -0.2) is 4.79 Å². The molecule has 2 amide bonds. The molecule has 2 heterocycles. The largest absolute Gasteiger partial charge is 0.338 e. The highest BCUT2D eigenvalue weighted by Gasteiger charge is 2.13. The third kappa shape index (κ3) is 5.72.